The van der Waals surface area contributed by atoms with E-state index in [9.17, 15) is 9.50 Å². The van der Waals surface area contributed by atoms with Crippen LogP contribution in [0.25, 0.3) is 0 Å². The van der Waals surface area contributed by atoms with Gasteiger partial charge in [-0.1, -0.05) is 24.6 Å². The second-order valence-electron chi connectivity index (χ2n) is 3.80. The number of thioether (sulfide) groups is 1. The number of hydrogen-bond donors (Lipinski definition) is 1. The summed E-state index contributed by atoms with van der Waals surface area (Å²) >= 11 is 7.59. The zero-order valence-electron chi connectivity index (χ0n) is 8.34. The molecule has 2 atom stereocenters. The summed E-state index contributed by atoms with van der Waals surface area (Å²) in [6.45, 7) is 2.06. The summed E-state index contributed by atoms with van der Waals surface area (Å²) in [4.78, 5) is 0. The van der Waals surface area contributed by atoms with Crippen LogP contribution in [0.1, 0.15) is 30.6 Å². The molecule has 1 aromatic carbocycles. The Morgan fingerprint density at radius 2 is 2.27 bits per heavy atom. The lowest BCUT2D eigenvalue weighted by atomic mass is 10.00. The fourth-order valence-corrected chi connectivity index (χ4v) is 3.20. The quantitative estimate of drug-likeness (QED) is 0.756. The summed E-state index contributed by atoms with van der Waals surface area (Å²) in [5.74, 6) is 0.266. The fraction of sp³-hybridized carbons (Fsp3) is 0.455. The summed E-state index contributed by atoms with van der Waals surface area (Å²) in [5, 5.41) is 10.5. The molecule has 0 radical (unpaired) electrons. The SMILES string of the molecule is CC1CC(O)c2ccc(F)c(Cl)c2CS1. The van der Waals surface area contributed by atoms with Gasteiger partial charge in [-0.05, 0) is 23.6 Å². The lowest BCUT2D eigenvalue weighted by Gasteiger charge is -2.13. The Morgan fingerprint density at radius 3 is 3.00 bits per heavy atom. The summed E-state index contributed by atoms with van der Waals surface area (Å²) in [6, 6.07) is 2.96. The van der Waals surface area contributed by atoms with Crippen LogP contribution in [0.15, 0.2) is 12.1 Å². The van der Waals surface area contributed by atoms with Crippen LogP contribution < -0.4 is 0 Å². The molecule has 0 bridgehead atoms. The maximum absolute atomic E-state index is 13.2. The molecule has 0 aromatic heterocycles. The standard InChI is InChI=1S/C11H12ClFOS/c1-6-4-10(14)7-2-3-9(13)11(12)8(7)5-15-6/h2-3,6,10,14H,4-5H2,1H3. The van der Waals surface area contributed by atoms with E-state index < -0.39 is 11.9 Å². The van der Waals surface area contributed by atoms with Crippen molar-refractivity contribution in [3.63, 3.8) is 0 Å². The van der Waals surface area contributed by atoms with Crippen molar-refractivity contribution in [1.82, 2.24) is 0 Å². The predicted molar refractivity (Wildman–Crippen MR) is 61.7 cm³/mol. The van der Waals surface area contributed by atoms with Crippen LogP contribution >= 0.6 is 23.4 Å². The van der Waals surface area contributed by atoms with Crippen LogP contribution in [0.4, 0.5) is 4.39 Å². The predicted octanol–water partition coefficient (Wildman–Crippen LogP) is 3.54. The molecule has 15 heavy (non-hydrogen) atoms. The van der Waals surface area contributed by atoms with E-state index >= 15 is 0 Å². The lowest BCUT2D eigenvalue weighted by molar-refractivity contribution is 0.168. The Labute approximate surface area is 97.6 Å². The number of fused-ring (bicyclic) bond motifs is 1. The van der Waals surface area contributed by atoms with Crippen molar-refractivity contribution in [1.29, 1.82) is 0 Å². The molecule has 0 aliphatic carbocycles. The smallest absolute Gasteiger partial charge is 0.142 e. The van der Waals surface area contributed by atoms with Crippen LogP contribution in [0.5, 0.6) is 0 Å². The lowest BCUT2D eigenvalue weighted by Crippen LogP contribution is -2.04. The van der Waals surface area contributed by atoms with Crippen molar-refractivity contribution in [3.8, 4) is 0 Å². The Balaban J connectivity index is 2.48. The van der Waals surface area contributed by atoms with Gasteiger partial charge < -0.3 is 5.11 Å². The Hall–Kier alpha value is -0.250. The van der Waals surface area contributed by atoms with E-state index in [1.165, 1.54) is 6.07 Å². The molecular formula is C11H12ClFOS. The zero-order chi connectivity index (χ0) is 11.0. The minimum atomic E-state index is -0.525. The monoisotopic (exact) mass is 246 g/mol. The Kier molecular flexibility index (Phi) is 3.24. The van der Waals surface area contributed by atoms with Crippen LogP contribution in [0.2, 0.25) is 5.02 Å². The zero-order valence-corrected chi connectivity index (χ0v) is 9.91. The number of aliphatic hydroxyl groups excluding tert-OH is 1. The van der Waals surface area contributed by atoms with E-state index in [1.807, 2.05) is 0 Å². The molecule has 0 fully saturated rings. The van der Waals surface area contributed by atoms with Gasteiger partial charge in [0, 0.05) is 11.0 Å². The first-order chi connectivity index (χ1) is 7.09. The van der Waals surface area contributed by atoms with Crippen molar-refractivity contribution >= 4 is 23.4 Å². The van der Waals surface area contributed by atoms with Gasteiger partial charge in [0.2, 0.25) is 0 Å². The molecule has 0 spiro atoms. The van der Waals surface area contributed by atoms with E-state index in [0.717, 1.165) is 11.1 Å². The van der Waals surface area contributed by atoms with Gasteiger partial charge in [-0.3, -0.25) is 0 Å². The second kappa shape index (κ2) is 4.32. The number of aliphatic hydroxyl groups is 1. The maximum atomic E-state index is 13.2. The molecule has 2 unspecified atom stereocenters. The molecule has 82 valence electrons. The topological polar surface area (TPSA) is 20.2 Å². The van der Waals surface area contributed by atoms with Crippen molar-refractivity contribution < 1.29 is 9.50 Å². The first-order valence-electron chi connectivity index (χ1n) is 4.86. The molecule has 1 nitrogen and oxygen atoms in total. The number of benzene rings is 1. The largest absolute Gasteiger partial charge is 0.388 e. The van der Waals surface area contributed by atoms with Crippen LogP contribution in [-0.2, 0) is 5.75 Å². The highest BCUT2D eigenvalue weighted by molar-refractivity contribution is 7.99. The van der Waals surface area contributed by atoms with E-state index in [0.29, 0.717) is 17.4 Å². The molecule has 0 amide bonds. The van der Waals surface area contributed by atoms with Crippen LogP contribution in [-0.4, -0.2) is 10.4 Å². The molecular weight excluding hydrogens is 235 g/mol. The molecule has 2 rings (SSSR count). The Bertz CT molecular complexity index is 383. The highest BCUT2D eigenvalue weighted by Gasteiger charge is 2.23. The molecule has 1 heterocycles. The third-order valence-corrected chi connectivity index (χ3v) is 4.28. The van der Waals surface area contributed by atoms with Gasteiger partial charge in [-0.2, -0.15) is 11.8 Å². The number of rotatable bonds is 0. The third kappa shape index (κ3) is 2.14. The van der Waals surface area contributed by atoms with Crippen molar-refractivity contribution in [2.75, 3.05) is 0 Å². The fourth-order valence-electron chi connectivity index (χ4n) is 1.80. The van der Waals surface area contributed by atoms with Gasteiger partial charge in [-0.25, -0.2) is 4.39 Å². The molecule has 0 saturated carbocycles. The number of hydrogen-bond acceptors (Lipinski definition) is 2. The summed E-state index contributed by atoms with van der Waals surface area (Å²) in [5.41, 5.74) is 1.52. The van der Waals surface area contributed by atoms with E-state index in [2.05, 4.69) is 6.92 Å². The maximum Gasteiger partial charge on any atom is 0.142 e. The first-order valence-corrected chi connectivity index (χ1v) is 6.28. The average molecular weight is 247 g/mol. The van der Waals surface area contributed by atoms with Crippen LogP contribution in [0.3, 0.4) is 0 Å². The minimum Gasteiger partial charge on any atom is -0.388 e. The minimum absolute atomic E-state index is 0.160. The van der Waals surface area contributed by atoms with E-state index in [-0.39, 0.29) is 5.02 Å². The Morgan fingerprint density at radius 1 is 1.53 bits per heavy atom. The molecule has 1 N–H and O–H groups in total. The molecule has 0 saturated heterocycles. The van der Waals surface area contributed by atoms with Crippen molar-refractivity contribution in [3.05, 3.63) is 34.1 Å². The van der Waals surface area contributed by atoms with E-state index in [4.69, 9.17) is 11.6 Å². The van der Waals surface area contributed by atoms with Gasteiger partial charge in [0.05, 0.1) is 11.1 Å². The van der Waals surface area contributed by atoms with Gasteiger partial charge >= 0.3 is 0 Å². The van der Waals surface area contributed by atoms with E-state index in [1.54, 1.807) is 17.8 Å². The highest BCUT2D eigenvalue weighted by atomic mass is 35.5. The normalized spacial score (nSPS) is 25.9. The molecule has 4 heteroatoms. The molecule has 1 aliphatic heterocycles. The molecule has 1 aliphatic rings. The van der Waals surface area contributed by atoms with Crippen molar-refractivity contribution in [2.24, 2.45) is 0 Å². The second-order valence-corrected chi connectivity index (χ2v) is 5.61. The third-order valence-electron chi connectivity index (χ3n) is 2.66. The summed E-state index contributed by atoms with van der Waals surface area (Å²) in [6.07, 6.45) is 0.169. The van der Waals surface area contributed by atoms with Gasteiger partial charge in [0.15, 0.2) is 0 Å². The van der Waals surface area contributed by atoms with Gasteiger partial charge in [0.25, 0.3) is 0 Å². The van der Waals surface area contributed by atoms with Crippen molar-refractivity contribution in [2.45, 2.75) is 30.5 Å². The average Bonchev–Trinajstić information content (AvgIpc) is 2.32. The first kappa shape index (κ1) is 11.2. The number of halogens is 2. The molecule has 1 aromatic rings. The highest BCUT2D eigenvalue weighted by Crippen LogP contribution is 2.38. The van der Waals surface area contributed by atoms with Crippen LogP contribution in [0, 0.1) is 5.82 Å². The summed E-state index contributed by atoms with van der Waals surface area (Å²) < 4.78 is 13.2. The summed E-state index contributed by atoms with van der Waals surface area (Å²) in [7, 11) is 0. The van der Waals surface area contributed by atoms with Gasteiger partial charge in [0.1, 0.15) is 5.82 Å². The van der Waals surface area contributed by atoms with Gasteiger partial charge in [-0.15, -0.1) is 0 Å².